The van der Waals surface area contributed by atoms with Gasteiger partial charge in [-0.3, -0.25) is 4.79 Å². The van der Waals surface area contributed by atoms with Crippen LogP contribution in [0.4, 0.5) is 11.6 Å². The molecule has 2 rings (SSSR count). The lowest BCUT2D eigenvalue weighted by atomic mass is 10.2. The summed E-state index contributed by atoms with van der Waals surface area (Å²) in [6.45, 7) is 3.58. The van der Waals surface area contributed by atoms with Gasteiger partial charge in [0.2, 0.25) is 0 Å². The minimum absolute atomic E-state index is 0.173. The fourth-order valence-electron chi connectivity index (χ4n) is 1.49. The number of nitrogens with two attached hydrogens (primary N) is 2. The smallest absolute Gasteiger partial charge is 0.294 e. The normalized spacial score (nSPS) is 12.0. The third kappa shape index (κ3) is 3.18. The molecule has 0 bridgehead atoms. The number of fused-ring (bicyclic) bond motifs is 1. The molecule has 0 aromatic carbocycles. The van der Waals surface area contributed by atoms with Gasteiger partial charge in [0.15, 0.2) is 5.82 Å². The van der Waals surface area contributed by atoms with Gasteiger partial charge in [0.25, 0.3) is 5.91 Å². The van der Waals surface area contributed by atoms with E-state index in [1.807, 2.05) is 0 Å². The number of hydrogen-bond acceptors (Lipinski definition) is 6. The van der Waals surface area contributed by atoms with Crippen LogP contribution < -0.4 is 11.5 Å². The Labute approximate surface area is 120 Å². The first-order valence-corrected chi connectivity index (χ1v) is 5.91. The number of H-pyrrole nitrogens is 1. The van der Waals surface area contributed by atoms with E-state index in [9.17, 15) is 4.79 Å². The molecule has 0 aliphatic carbocycles. The number of amides is 1. The number of aromatic amines is 1. The SMILES string of the molecule is C=C(/C=C\C=C/N)C(=O)N=Nc1[nH]c(N)c2nccnc12. The van der Waals surface area contributed by atoms with Crippen LogP contribution in [0.25, 0.3) is 11.0 Å². The molecule has 0 unspecified atom stereocenters. The molecule has 2 aromatic rings. The lowest BCUT2D eigenvalue weighted by molar-refractivity contribution is -0.114. The number of aromatic nitrogens is 3. The van der Waals surface area contributed by atoms with Crippen molar-refractivity contribution in [3.63, 3.8) is 0 Å². The Morgan fingerprint density at radius 2 is 2.00 bits per heavy atom. The number of anilines is 1. The number of rotatable bonds is 4. The molecule has 8 heteroatoms. The van der Waals surface area contributed by atoms with Crippen LogP contribution in [-0.2, 0) is 4.79 Å². The topological polar surface area (TPSA) is 135 Å². The summed E-state index contributed by atoms with van der Waals surface area (Å²) in [5.74, 6) is -0.00392. The second-order valence-corrected chi connectivity index (χ2v) is 3.92. The summed E-state index contributed by atoms with van der Waals surface area (Å²) in [5.41, 5.74) is 12.0. The van der Waals surface area contributed by atoms with Crippen LogP contribution in [0.3, 0.4) is 0 Å². The van der Waals surface area contributed by atoms with Crippen LogP contribution in [0, 0.1) is 0 Å². The monoisotopic (exact) mass is 283 g/mol. The maximum absolute atomic E-state index is 11.7. The predicted molar refractivity (Wildman–Crippen MR) is 79.4 cm³/mol. The number of nitrogens with zero attached hydrogens (tertiary/aromatic N) is 4. The Kier molecular flexibility index (Phi) is 4.20. The van der Waals surface area contributed by atoms with E-state index in [2.05, 4.69) is 31.8 Å². The van der Waals surface area contributed by atoms with Crippen molar-refractivity contribution in [2.24, 2.45) is 16.0 Å². The quantitative estimate of drug-likeness (QED) is 0.446. The summed E-state index contributed by atoms with van der Waals surface area (Å²) in [6, 6.07) is 0. The Morgan fingerprint density at radius 1 is 1.29 bits per heavy atom. The van der Waals surface area contributed by atoms with Crippen LogP contribution in [-0.4, -0.2) is 20.9 Å². The van der Waals surface area contributed by atoms with Gasteiger partial charge in [0.05, 0.1) is 0 Å². The highest BCUT2D eigenvalue weighted by Gasteiger charge is 2.10. The molecule has 0 saturated heterocycles. The van der Waals surface area contributed by atoms with E-state index in [0.29, 0.717) is 16.9 Å². The van der Waals surface area contributed by atoms with Crippen molar-refractivity contribution in [2.45, 2.75) is 0 Å². The zero-order chi connectivity index (χ0) is 15.2. The number of carbonyl (C=O) groups is 1. The molecule has 0 atom stereocenters. The van der Waals surface area contributed by atoms with Crippen molar-refractivity contribution in [3.8, 4) is 0 Å². The van der Waals surface area contributed by atoms with Gasteiger partial charge in [-0.05, 0) is 18.4 Å². The molecule has 5 N–H and O–H groups in total. The second kappa shape index (κ2) is 6.24. The standard InChI is InChI=1S/C13H13N7O/c1-8(4-2-3-5-14)13(21)20-19-12-10-9(11(15)18-12)16-6-7-17-10/h2-7,18H,1,14-15H2/b4-2-,5-3-,20-19?. The van der Waals surface area contributed by atoms with E-state index in [1.165, 1.54) is 24.7 Å². The average molecular weight is 283 g/mol. The van der Waals surface area contributed by atoms with Crippen LogP contribution in [0.1, 0.15) is 0 Å². The van der Waals surface area contributed by atoms with Crippen LogP contribution in [0.5, 0.6) is 0 Å². The van der Waals surface area contributed by atoms with E-state index in [0.717, 1.165) is 0 Å². The van der Waals surface area contributed by atoms with Crippen molar-refractivity contribution >= 4 is 28.6 Å². The van der Waals surface area contributed by atoms with Gasteiger partial charge in [-0.1, -0.05) is 12.7 Å². The summed E-state index contributed by atoms with van der Waals surface area (Å²) >= 11 is 0. The molecule has 0 saturated carbocycles. The highest BCUT2D eigenvalue weighted by molar-refractivity contribution is 5.97. The van der Waals surface area contributed by atoms with Gasteiger partial charge in [-0.15, -0.1) is 10.2 Å². The zero-order valence-corrected chi connectivity index (χ0v) is 11.0. The van der Waals surface area contributed by atoms with E-state index >= 15 is 0 Å². The third-order valence-electron chi connectivity index (χ3n) is 2.47. The molecule has 21 heavy (non-hydrogen) atoms. The molecule has 1 amide bonds. The van der Waals surface area contributed by atoms with E-state index in [-0.39, 0.29) is 11.4 Å². The summed E-state index contributed by atoms with van der Waals surface area (Å²) in [5, 5.41) is 7.37. The lowest BCUT2D eigenvalue weighted by Gasteiger charge is -1.91. The van der Waals surface area contributed by atoms with Crippen LogP contribution in [0.2, 0.25) is 0 Å². The lowest BCUT2D eigenvalue weighted by Crippen LogP contribution is -1.92. The van der Waals surface area contributed by atoms with Crippen molar-refractivity contribution < 1.29 is 4.79 Å². The predicted octanol–water partition coefficient (Wildman–Crippen LogP) is 1.74. The molecule has 106 valence electrons. The Balaban J connectivity index is 2.20. The minimum atomic E-state index is -0.582. The Hall–Kier alpha value is -3.29. The molecule has 0 spiro atoms. The number of carbonyl (C=O) groups excluding carboxylic acids is 1. The number of nitrogens with one attached hydrogen (secondary N) is 1. The number of hydrogen-bond donors (Lipinski definition) is 3. The van der Waals surface area contributed by atoms with Crippen molar-refractivity contribution in [1.29, 1.82) is 0 Å². The van der Waals surface area contributed by atoms with Gasteiger partial charge in [0.1, 0.15) is 16.9 Å². The average Bonchev–Trinajstić information content (AvgIpc) is 2.82. The molecule has 2 heterocycles. The van der Waals surface area contributed by atoms with Crippen molar-refractivity contribution in [3.05, 3.63) is 49.0 Å². The number of allylic oxidation sites excluding steroid dienone is 2. The maximum atomic E-state index is 11.7. The first kappa shape index (κ1) is 14.1. The highest BCUT2D eigenvalue weighted by atomic mass is 16.1. The van der Waals surface area contributed by atoms with Gasteiger partial charge in [0, 0.05) is 18.0 Å². The van der Waals surface area contributed by atoms with E-state index in [4.69, 9.17) is 11.5 Å². The fraction of sp³-hybridized carbons (Fsp3) is 0. The number of nitrogen functional groups attached to an aromatic ring is 1. The molecular formula is C13H13N7O. The zero-order valence-electron chi connectivity index (χ0n) is 11.0. The first-order chi connectivity index (χ1) is 10.1. The minimum Gasteiger partial charge on any atom is -0.405 e. The van der Waals surface area contributed by atoms with E-state index < -0.39 is 5.91 Å². The molecule has 0 aliphatic rings. The summed E-state index contributed by atoms with van der Waals surface area (Å²) in [4.78, 5) is 22.6. The fourth-order valence-corrected chi connectivity index (χ4v) is 1.49. The Bertz CT molecular complexity index is 770. The second-order valence-electron chi connectivity index (χ2n) is 3.92. The molecule has 0 aliphatic heterocycles. The molecule has 2 aromatic heterocycles. The third-order valence-corrected chi connectivity index (χ3v) is 2.47. The van der Waals surface area contributed by atoms with Crippen molar-refractivity contribution in [2.75, 3.05) is 5.73 Å². The van der Waals surface area contributed by atoms with Crippen LogP contribution >= 0.6 is 0 Å². The first-order valence-electron chi connectivity index (χ1n) is 5.91. The van der Waals surface area contributed by atoms with Gasteiger partial charge in [-0.2, -0.15) is 0 Å². The van der Waals surface area contributed by atoms with Crippen molar-refractivity contribution in [1.82, 2.24) is 15.0 Å². The number of azo groups is 1. The summed E-state index contributed by atoms with van der Waals surface area (Å²) in [6.07, 6.45) is 8.95. The summed E-state index contributed by atoms with van der Waals surface area (Å²) in [7, 11) is 0. The van der Waals surface area contributed by atoms with E-state index in [1.54, 1.807) is 12.2 Å². The molecule has 0 radical (unpaired) electrons. The maximum Gasteiger partial charge on any atom is 0.294 e. The molecule has 8 nitrogen and oxygen atoms in total. The largest absolute Gasteiger partial charge is 0.405 e. The highest BCUT2D eigenvalue weighted by Crippen LogP contribution is 2.26. The van der Waals surface area contributed by atoms with Gasteiger partial charge < -0.3 is 16.5 Å². The van der Waals surface area contributed by atoms with Gasteiger partial charge >= 0.3 is 0 Å². The summed E-state index contributed by atoms with van der Waals surface area (Å²) < 4.78 is 0. The van der Waals surface area contributed by atoms with Crippen LogP contribution in [0.15, 0.2) is 59.2 Å². The Morgan fingerprint density at radius 3 is 2.71 bits per heavy atom. The van der Waals surface area contributed by atoms with Gasteiger partial charge in [-0.25, -0.2) is 9.97 Å². The molecule has 0 fully saturated rings. The molecular weight excluding hydrogens is 270 g/mol.